The van der Waals surface area contributed by atoms with Gasteiger partial charge in [0.2, 0.25) is 0 Å². The van der Waals surface area contributed by atoms with E-state index in [-0.39, 0.29) is 0 Å². The summed E-state index contributed by atoms with van der Waals surface area (Å²) in [6.07, 6.45) is 0. The maximum absolute atomic E-state index is 12.0. The molecule has 0 aliphatic carbocycles. The number of hydrogen-bond acceptors (Lipinski definition) is 2. The third-order valence-corrected chi connectivity index (χ3v) is 9.38. The van der Waals surface area contributed by atoms with Crippen LogP contribution in [0.4, 0.5) is 0 Å². The Kier molecular flexibility index (Phi) is 3.29. The van der Waals surface area contributed by atoms with E-state index in [9.17, 15) is 7.48 Å². The molecule has 0 atom stereocenters. The molecule has 0 radical (unpaired) electrons. The summed E-state index contributed by atoms with van der Waals surface area (Å²) < 4.78 is 25.8. The zero-order chi connectivity index (χ0) is 11.0. The van der Waals surface area contributed by atoms with Gasteiger partial charge in [0.25, 0.3) is 0 Å². The Morgan fingerprint density at radius 2 is 1.07 bits per heavy atom. The molecule has 1 aromatic carbocycles. The van der Waals surface area contributed by atoms with E-state index in [2.05, 4.69) is 0 Å². The van der Waals surface area contributed by atoms with E-state index in [1.54, 1.807) is 22.8 Å². The van der Waals surface area contributed by atoms with Crippen molar-refractivity contribution in [1.82, 2.24) is 0 Å². The van der Waals surface area contributed by atoms with Crippen LogP contribution in [0.5, 0.6) is 0 Å². The number of hydrogen-bond donors (Lipinski definition) is 0. The fourth-order valence-electron chi connectivity index (χ4n) is 1.37. The van der Waals surface area contributed by atoms with Gasteiger partial charge in [-0.1, -0.05) is 0 Å². The van der Waals surface area contributed by atoms with E-state index in [0.717, 1.165) is 8.70 Å². The second-order valence-electron chi connectivity index (χ2n) is 4.19. The van der Waals surface area contributed by atoms with Crippen molar-refractivity contribution in [2.24, 2.45) is 0 Å². The maximum atomic E-state index is 12.0. The first-order valence-corrected chi connectivity index (χ1v) is 15.3. The minimum atomic E-state index is -2.93. The first kappa shape index (κ1) is 12.0. The molecule has 2 nitrogen and oxygen atoms in total. The van der Waals surface area contributed by atoms with Gasteiger partial charge in [-0.05, 0) is 0 Å². The predicted octanol–water partition coefficient (Wildman–Crippen LogP) is 1.37. The van der Waals surface area contributed by atoms with Crippen LogP contribution in [0.2, 0.25) is 22.8 Å². The van der Waals surface area contributed by atoms with Gasteiger partial charge >= 0.3 is 90.3 Å². The minimum absolute atomic E-state index is 0.845. The van der Waals surface area contributed by atoms with Crippen LogP contribution in [0.15, 0.2) is 24.3 Å². The van der Waals surface area contributed by atoms with Gasteiger partial charge in [-0.15, -0.1) is 0 Å². The molecule has 1 rings (SSSR count). The van der Waals surface area contributed by atoms with Crippen LogP contribution in [0, 0.1) is 0 Å². The van der Waals surface area contributed by atoms with Crippen molar-refractivity contribution in [3.05, 3.63) is 24.3 Å². The van der Waals surface area contributed by atoms with Crippen LogP contribution in [-0.4, -0.2) is 27.0 Å². The molecule has 0 saturated carbocycles. The van der Waals surface area contributed by atoms with Gasteiger partial charge < -0.3 is 0 Å². The van der Waals surface area contributed by atoms with Crippen LogP contribution >= 0.6 is 0 Å². The standard InChI is InChI=1S/C10H16As2O2/c1-11(2,13)9-7-5-6-8-10(9)12(3,4)14/h5-8H,1-4H3. The topological polar surface area (TPSA) is 34.1 Å². The Labute approximate surface area is 90.1 Å². The second kappa shape index (κ2) is 3.83. The fraction of sp³-hybridized carbons (Fsp3) is 0.400. The van der Waals surface area contributed by atoms with E-state index in [1.807, 2.05) is 24.3 Å². The second-order valence-corrected chi connectivity index (χ2v) is 17.5. The molecule has 0 spiro atoms. The number of benzene rings is 1. The molecule has 78 valence electrons. The zero-order valence-corrected chi connectivity index (χ0v) is 12.8. The molecule has 0 bridgehead atoms. The Morgan fingerprint density at radius 3 is 1.29 bits per heavy atom. The summed E-state index contributed by atoms with van der Waals surface area (Å²) in [4.78, 5) is 0. The van der Waals surface area contributed by atoms with Crippen LogP contribution in [0.1, 0.15) is 0 Å². The molecule has 1 aromatic rings. The molecule has 0 aliphatic heterocycles. The van der Waals surface area contributed by atoms with Crippen molar-refractivity contribution in [1.29, 1.82) is 0 Å². The Hall–Kier alpha value is -0.0631. The summed E-state index contributed by atoms with van der Waals surface area (Å²) in [5.74, 6) is 0. The van der Waals surface area contributed by atoms with Gasteiger partial charge in [0, 0.05) is 0 Å². The van der Waals surface area contributed by atoms with Crippen molar-refractivity contribution >= 4 is 35.7 Å². The number of rotatable bonds is 2. The molecule has 4 heteroatoms. The van der Waals surface area contributed by atoms with Gasteiger partial charge in [0.05, 0.1) is 0 Å². The summed E-state index contributed by atoms with van der Waals surface area (Å²) in [7, 11) is 0. The van der Waals surface area contributed by atoms with Crippen molar-refractivity contribution in [3.63, 3.8) is 0 Å². The first-order chi connectivity index (χ1) is 6.23. The molecular weight excluding hydrogens is 302 g/mol. The zero-order valence-electron chi connectivity index (χ0n) is 9.02. The predicted molar refractivity (Wildman–Crippen MR) is 62.0 cm³/mol. The van der Waals surface area contributed by atoms with Crippen molar-refractivity contribution in [2.45, 2.75) is 22.8 Å². The molecular formula is C10H16As2O2. The summed E-state index contributed by atoms with van der Waals surface area (Å²) in [6.45, 7) is 0. The monoisotopic (exact) mass is 318 g/mol. The Bertz CT molecular complexity index is 385. The van der Waals surface area contributed by atoms with Crippen LogP contribution in [-0.2, 0) is 7.48 Å². The Morgan fingerprint density at radius 1 is 0.786 bits per heavy atom. The molecule has 0 aromatic heterocycles. The molecule has 0 heterocycles. The van der Waals surface area contributed by atoms with E-state index in [1.165, 1.54) is 0 Å². The average molecular weight is 318 g/mol. The third kappa shape index (κ3) is 2.71. The third-order valence-electron chi connectivity index (χ3n) is 2.04. The quantitative estimate of drug-likeness (QED) is 0.772. The summed E-state index contributed by atoms with van der Waals surface area (Å²) in [5.41, 5.74) is 7.12. The van der Waals surface area contributed by atoms with Crippen molar-refractivity contribution in [3.8, 4) is 0 Å². The van der Waals surface area contributed by atoms with E-state index in [0.29, 0.717) is 0 Å². The van der Waals surface area contributed by atoms with Crippen LogP contribution < -0.4 is 8.70 Å². The van der Waals surface area contributed by atoms with E-state index in [4.69, 9.17) is 0 Å². The SMILES string of the molecule is C[As](C)(=O)c1ccccc1[As](C)(C)=O. The first-order valence-electron chi connectivity index (χ1n) is 4.43. The molecule has 0 saturated heterocycles. The van der Waals surface area contributed by atoms with Gasteiger partial charge in [0.1, 0.15) is 0 Å². The normalized spacial score (nSPS) is 12.9. The van der Waals surface area contributed by atoms with Crippen molar-refractivity contribution < 1.29 is 7.48 Å². The fourth-order valence-corrected chi connectivity index (χ4v) is 11.1. The van der Waals surface area contributed by atoms with Gasteiger partial charge in [-0.2, -0.15) is 0 Å². The van der Waals surface area contributed by atoms with Gasteiger partial charge in [0.15, 0.2) is 0 Å². The average Bonchev–Trinajstić information content (AvgIpc) is 2.01. The van der Waals surface area contributed by atoms with E-state index < -0.39 is 27.0 Å². The molecule has 0 unspecified atom stereocenters. The molecule has 0 aliphatic rings. The van der Waals surface area contributed by atoms with Crippen LogP contribution in [0.25, 0.3) is 0 Å². The summed E-state index contributed by atoms with van der Waals surface area (Å²) >= 11 is -5.87. The van der Waals surface area contributed by atoms with Crippen LogP contribution in [0.3, 0.4) is 0 Å². The molecule has 0 fully saturated rings. The molecule has 0 N–H and O–H groups in total. The van der Waals surface area contributed by atoms with E-state index >= 15 is 0 Å². The molecule has 14 heavy (non-hydrogen) atoms. The Balaban J connectivity index is 3.47. The van der Waals surface area contributed by atoms with Gasteiger partial charge in [-0.3, -0.25) is 0 Å². The molecule has 0 amide bonds. The summed E-state index contributed by atoms with van der Waals surface area (Å²) in [6, 6.07) is 7.45. The summed E-state index contributed by atoms with van der Waals surface area (Å²) in [5, 5.41) is 0. The van der Waals surface area contributed by atoms with Crippen molar-refractivity contribution in [2.75, 3.05) is 0 Å². The van der Waals surface area contributed by atoms with Gasteiger partial charge in [-0.25, -0.2) is 0 Å².